The third-order valence-corrected chi connectivity index (χ3v) is 8.59. The number of phosphoric acid groups is 3. The number of hydrogen-bond donors (Lipinski definition) is 5. The van der Waals surface area contributed by atoms with Crippen molar-refractivity contribution in [3.8, 4) is 0 Å². The van der Waals surface area contributed by atoms with Crippen molar-refractivity contribution in [2.75, 3.05) is 18.9 Å². The lowest BCUT2D eigenvalue weighted by Gasteiger charge is -2.34. The monoisotopic (exact) mass is 635 g/mol. The molecule has 4 heterocycles. The normalized spacial score (nSPS) is 34.2. The number of hydrogen-bond acceptors (Lipinski definition) is 21. The highest BCUT2D eigenvalue weighted by Gasteiger charge is 2.47. The van der Waals surface area contributed by atoms with Crippen LogP contribution in [0.5, 0.6) is 0 Å². The molecule has 0 radical (unpaired) electrons. The Morgan fingerprint density at radius 1 is 0.900 bits per heavy atom. The van der Waals surface area contributed by atoms with Gasteiger partial charge in [0.15, 0.2) is 24.0 Å². The van der Waals surface area contributed by atoms with Crippen molar-refractivity contribution in [3.63, 3.8) is 0 Å². The highest BCUT2D eigenvalue weighted by atomic mass is 31.3. The molecule has 0 aliphatic carbocycles. The standard InChI is InChI=1S/C15H24N5O17P3/c16-12-7-13(18-3-17-12)20(4-19-7)14-11(36-38(25,26)27)9(22)6(34-14)2-33-40(30,31)37-39(28,29)32-1-5-8(21)10(23)15(24)35-5/h3-6,8-11,14-15,21-24H,1-2H2,(H,28,29)(H,30,31)(H2,16,17,18)(H2,25,26,27)/p-4/t5-,6-,8-,9-,10-,11-,14-,15-/m1/s1. The molecule has 2 aliphatic rings. The molecule has 10 atom stereocenters. The van der Waals surface area contributed by atoms with Crippen LogP contribution in [-0.4, -0.2) is 96.1 Å². The van der Waals surface area contributed by atoms with Crippen LogP contribution in [0.2, 0.25) is 0 Å². The van der Waals surface area contributed by atoms with E-state index in [1.165, 1.54) is 0 Å². The first-order valence-electron chi connectivity index (χ1n) is 10.8. The summed E-state index contributed by atoms with van der Waals surface area (Å²) in [6, 6.07) is 0. The van der Waals surface area contributed by atoms with E-state index in [9.17, 15) is 53.7 Å². The molecule has 4 rings (SSSR count). The Morgan fingerprint density at radius 2 is 1.50 bits per heavy atom. The first kappa shape index (κ1) is 31.4. The van der Waals surface area contributed by atoms with E-state index in [2.05, 4.69) is 37.6 Å². The van der Waals surface area contributed by atoms with E-state index >= 15 is 0 Å². The fourth-order valence-corrected chi connectivity index (χ4v) is 6.31. The van der Waals surface area contributed by atoms with Gasteiger partial charge in [0, 0.05) is 0 Å². The quantitative estimate of drug-likeness (QED) is 0.144. The van der Waals surface area contributed by atoms with Gasteiger partial charge in [-0.05, 0) is 0 Å². The number of aromatic nitrogens is 4. The van der Waals surface area contributed by atoms with E-state index in [0.717, 1.165) is 17.2 Å². The average molecular weight is 635 g/mol. The van der Waals surface area contributed by atoms with E-state index in [0.29, 0.717) is 0 Å². The fraction of sp³-hybridized carbons (Fsp3) is 0.667. The number of ether oxygens (including phenoxy) is 2. The zero-order chi connectivity index (χ0) is 29.6. The van der Waals surface area contributed by atoms with Crippen molar-refractivity contribution in [1.29, 1.82) is 0 Å². The van der Waals surface area contributed by atoms with Gasteiger partial charge in [-0.2, -0.15) is 0 Å². The number of imidazole rings is 1. The Bertz CT molecular complexity index is 1360. The molecule has 2 unspecified atom stereocenters. The van der Waals surface area contributed by atoms with Crippen molar-refractivity contribution in [2.24, 2.45) is 0 Å². The minimum Gasteiger partial charge on any atom is -0.790 e. The molecule has 0 spiro atoms. The summed E-state index contributed by atoms with van der Waals surface area (Å²) in [7, 11) is -17.3. The molecule has 25 heteroatoms. The van der Waals surface area contributed by atoms with Crippen molar-refractivity contribution in [2.45, 2.75) is 49.1 Å². The lowest BCUT2D eigenvalue weighted by molar-refractivity contribution is -0.347. The van der Waals surface area contributed by atoms with Crippen molar-refractivity contribution in [1.82, 2.24) is 19.5 Å². The first-order chi connectivity index (χ1) is 18.5. The van der Waals surface area contributed by atoms with Crippen LogP contribution in [0.4, 0.5) is 5.82 Å². The summed E-state index contributed by atoms with van der Waals surface area (Å²) < 4.78 is 63.4. The van der Waals surface area contributed by atoms with Gasteiger partial charge in [-0.25, -0.2) is 19.3 Å². The van der Waals surface area contributed by atoms with Gasteiger partial charge in [-0.1, -0.05) is 0 Å². The third kappa shape index (κ3) is 7.09. The number of phosphoric ester groups is 3. The van der Waals surface area contributed by atoms with Gasteiger partial charge < -0.3 is 73.3 Å². The van der Waals surface area contributed by atoms with E-state index in [1.807, 2.05) is 0 Å². The minimum atomic E-state index is -5.80. The van der Waals surface area contributed by atoms with Gasteiger partial charge in [0.2, 0.25) is 0 Å². The van der Waals surface area contributed by atoms with Crippen LogP contribution in [0.3, 0.4) is 0 Å². The maximum atomic E-state index is 12.1. The average Bonchev–Trinajstić information content (AvgIpc) is 3.47. The van der Waals surface area contributed by atoms with E-state index < -0.39 is 85.8 Å². The van der Waals surface area contributed by atoms with Crippen LogP contribution in [0.15, 0.2) is 12.7 Å². The van der Waals surface area contributed by atoms with Crippen molar-refractivity contribution in [3.05, 3.63) is 12.7 Å². The van der Waals surface area contributed by atoms with Gasteiger partial charge in [0.1, 0.15) is 48.5 Å². The maximum absolute atomic E-state index is 12.1. The van der Waals surface area contributed by atoms with Crippen LogP contribution in [0.25, 0.3) is 11.2 Å². The van der Waals surface area contributed by atoms with E-state index in [4.69, 9.17) is 10.5 Å². The second-order valence-electron chi connectivity index (χ2n) is 8.27. The number of anilines is 1. The number of nitrogens with two attached hydrogens (primary N) is 1. The molecule has 6 N–H and O–H groups in total. The minimum absolute atomic E-state index is 0.0228. The summed E-state index contributed by atoms with van der Waals surface area (Å²) in [6.07, 6.45) is -12.4. The number of rotatable bonds is 11. The number of aliphatic hydroxyl groups is 4. The van der Waals surface area contributed by atoms with Crippen LogP contribution in [0, 0.1) is 0 Å². The SMILES string of the molecule is Nc1ncnc2c1ncn2[C@@H]1O[C@H](COP(=O)([O-])OP(=O)([O-])OC[C@H]2O[C@@H](O)[C@H](O)[C@@H]2O)[C@@H](O)[C@H]1OP(=O)([O-])[O-]. The van der Waals surface area contributed by atoms with Crippen molar-refractivity contribution < 1.29 is 81.1 Å². The molecule has 2 aliphatic heterocycles. The van der Waals surface area contributed by atoms with Crippen LogP contribution in [0.1, 0.15) is 6.23 Å². The van der Waals surface area contributed by atoms with Crippen LogP contribution < -0.4 is 25.3 Å². The lowest BCUT2D eigenvalue weighted by Crippen LogP contribution is -2.37. The zero-order valence-electron chi connectivity index (χ0n) is 19.5. The van der Waals surface area contributed by atoms with Gasteiger partial charge in [-0.15, -0.1) is 0 Å². The topological polar surface area (TPSA) is 349 Å². The Labute approximate surface area is 222 Å². The molecule has 2 aromatic heterocycles. The smallest absolute Gasteiger partial charge is 0.274 e. The van der Waals surface area contributed by atoms with Gasteiger partial charge >= 0.3 is 0 Å². The molecule has 2 aromatic rings. The van der Waals surface area contributed by atoms with E-state index in [-0.39, 0.29) is 17.0 Å². The molecule has 0 amide bonds. The first-order valence-corrected chi connectivity index (χ1v) is 15.2. The Kier molecular flexibility index (Phi) is 9.14. The Morgan fingerprint density at radius 3 is 2.05 bits per heavy atom. The molecule has 0 saturated carbocycles. The summed E-state index contributed by atoms with van der Waals surface area (Å²) in [5.74, 6) is -0.0898. The maximum Gasteiger partial charge on any atom is 0.274 e. The van der Waals surface area contributed by atoms with Crippen molar-refractivity contribution >= 4 is 40.4 Å². The third-order valence-electron chi connectivity index (χ3n) is 5.56. The van der Waals surface area contributed by atoms with Crippen LogP contribution >= 0.6 is 23.5 Å². The number of nitrogen functional groups attached to an aromatic ring is 1. The molecule has 0 aromatic carbocycles. The predicted octanol–water partition coefficient (Wildman–Crippen LogP) is -5.69. The summed E-state index contributed by atoms with van der Waals surface area (Å²) in [5.41, 5.74) is 5.66. The molecular formula is C15H20N5O17P3-4. The molecule has 2 fully saturated rings. The number of fused-ring (bicyclic) bond motifs is 1. The lowest BCUT2D eigenvalue weighted by atomic mass is 10.1. The molecule has 226 valence electrons. The Balaban J connectivity index is 1.42. The summed E-state index contributed by atoms with van der Waals surface area (Å²) in [5, 5.41) is 38.8. The van der Waals surface area contributed by atoms with Crippen LogP contribution in [-0.2, 0) is 41.1 Å². The number of aliphatic hydroxyl groups excluding tert-OH is 4. The van der Waals surface area contributed by atoms with E-state index in [1.54, 1.807) is 0 Å². The highest BCUT2D eigenvalue weighted by molar-refractivity contribution is 7.59. The molecule has 22 nitrogen and oxygen atoms in total. The largest absolute Gasteiger partial charge is 0.790 e. The molecular weight excluding hydrogens is 615 g/mol. The fourth-order valence-electron chi connectivity index (χ4n) is 3.76. The zero-order valence-corrected chi connectivity index (χ0v) is 22.2. The molecule has 40 heavy (non-hydrogen) atoms. The summed E-state index contributed by atoms with van der Waals surface area (Å²) >= 11 is 0. The number of nitrogens with zero attached hydrogens (tertiary/aromatic N) is 4. The summed E-state index contributed by atoms with van der Waals surface area (Å²) in [4.78, 5) is 58.2. The van der Waals surface area contributed by atoms with Gasteiger partial charge in [-0.3, -0.25) is 13.7 Å². The van der Waals surface area contributed by atoms with Gasteiger partial charge in [0.05, 0.1) is 27.4 Å². The Hall–Kier alpha value is -1.52. The second-order valence-corrected chi connectivity index (χ2v) is 12.3. The highest BCUT2D eigenvalue weighted by Crippen LogP contribution is 2.56. The molecule has 0 bridgehead atoms. The second kappa shape index (κ2) is 11.6. The summed E-state index contributed by atoms with van der Waals surface area (Å²) in [6.45, 7) is -2.26. The predicted molar refractivity (Wildman–Crippen MR) is 113 cm³/mol. The molecule has 2 saturated heterocycles. The van der Waals surface area contributed by atoms with Gasteiger partial charge in [0.25, 0.3) is 15.6 Å².